The Labute approximate surface area is 109 Å². The number of carbonyl (C=O) groups excluding carboxylic acids is 1. The average molecular weight is 262 g/mol. The zero-order valence-electron chi connectivity index (χ0n) is 9.64. The maximum atomic E-state index is 10.3. The summed E-state index contributed by atoms with van der Waals surface area (Å²) < 4.78 is 5.48. The van der Waals surface area contributed by atoms with Crippen LogP contribution in [0, 0.1) is 6.92 Å². The van der Waals surface area contributed by atoms with Crippen molar-refractivity contribution in [2.24, 2.45) is 0 Å². The van der Waals surface area contributed by atoms with Crippen LogP contribution in [0.4, 0.5) is 0 Å². The molecule has 0 fully saturated rings. The summed E-state index contributed by atoms with van der Waals surface area (Å²) >= 11 is 6.03. The molecule has 4 heteroatoms. The lowest BCUT2D eigenvalue weighted by molar-refractivity contribution is -0.297. The summed E-state index contributed by atoms with van der Waals surface area (Å²) in [6, 6.07) is 9.05. The third kappa shape index (κ3) is 2.81. The first-order chi connectivity index (χ1) is 8.56. The van der Waals surface area contributed by atoms with Crippen molar-refractivity contribution in [1.29, 1.82) is 0 Å². The molecule has 0 aliphatic carbocycles. The van der Waals surface area contributed by atoms with E-state index in [2.05, 4.69) is 0 Å². The molecule has 2 aromatic rings. The van der Waals surface area contributed by atoms with Gasteiger partial charge in [-0.2, -0.15) is 0 Å². The van der Waals surface area contributed by atoms with E-state index in [4.69, 9.17) is 16.0 Å². The van der Waals surface area contributed by atoms with Crippen LogP contribution in [0.15, 0.2) is 40.8 Å². The van der Waals surface area contributed by atoms with Crippen molar-refractivity contribution in [1.82, 2.24) is 0 Å². The van der Waals surface area contributed by atoms with Crippen LogP contribution in [-0.2, 0) is 4.79 Å². The van der Waals surface area contributed by atoms with Gasteiger partial charge in [0.25, 0.3) is 0 Å². The molecule has 0 atom stereocenters. The summed E-state index contributed by atoms with van der Waals surface area (Å²) in [6.45, 7) is 1.92. The molecule has 18 heavy (non-hydrogen) atoms. The summed E-state index contributed by atoms with van der Waals surface area (Å²) in [5, 5.41) is 10.9. The van der Waals surface area contributed by atoms with E-state index in [0.29, 0.717) is 16.5 Å². The highest BCUT2D eigenvalue weighted by molar-refractivity contribution is 6.31. The third-order valence-corrected chi connectivity index (χ3v) is 2.87. The summed E-state index contributed by atoms with van der Waals surface area (Å²) in [5.41, 5.74) is 1.84. The highest BCUT2D eigenvalue weighted by atomic mass is 35.5. The predicted octanol–water partition coefficient (Wildman–Crippen LogP) is 2.67. The number of benzene rings is 1. The standard InChI is InChI=1S/C14H11ClO3/c1-9-2-3-10(8-12(9)15)13-6-4-11(18-13)5-7-14(16)17/h2-8H,1H3,(H,16,17)/p-1/b7-5+. The van der Waals surface area contributed by atoms with Crippen LogP contribution in [0.1, 0.15) is 11.3 Å². The van der Waals surface area contributed by atoms with Crippen LogP contribution < -0.4 is 5.11 Å². The topological polar surface area (TPSA) is 53.3 Å². The Kier molecular flexibility index (Phi) is 3.53. The zero-order chi connectivity index (χ0) is 13.1. The Morgan fingerprint density at radius 1 is 1.33 bits per heavy atom. The molecule has 0 saturated heterocycles. The average Bonchev–Trinajstić information content (AvgIpc) is 2.79. The van der Waals surface area contributed by atoms with Gasteiger partial charge in [0.05, 0.1) is 5.97 Å². The SMILES string of the molecule is Cc1ccc(-c2ccc(/C=C/C(=O)[O-])o2)cc1Cl. The van der Waals surface area contributed by atoms with E-state index in [9.17, 15) is 9.90 Å². The Morgan fingerprint density at radius 2 is 2.11 bits per heavy atom. The predicted molar refractivity (Wildman–Crippen MR) is 67.9 cm³/mol. The van der Waals surface area contributed by atoms with Crippen molar-refractivity contribution < 1.29 is 14.3 Å². The number of aryl methyl sites for hydroxylation is 1. The first-order valence-corrected chi connectivity index (χ1v) is 5.69. The van der Waals surface area contributed by atoms with E-state index in [1.54, 1.807) is 12.1 Å². The van der Waals surface area contributed by atoms with Crippen LogP contribution >= 0.6 is 11.6 Å². The van der Waals surface area contributed by atoms with Crippen LogP contribution in [0.2, 0.25) is 5.02 Å². The van der Waals surface area contributed by atoms with Crippen molar-refractivity contribution in [2.75, 3.05) is 0 Å². The van der Waals surface area contributed by atoms with Gasteiger partial charge in [-0.3, -0.25) is 0 Å². The molecule has 0 aliphatic heterocycles. The maximum absolute atomic E-state index is 10.3. The Morgan fingerprint density at radius 3 is 2.78 bits per heavy atom. The van der Waals surface area contributed by atoms with Crippen LogP contribution in [0.3, 0.4) is 0 Å². The lowest BCUT2D eigenvalue weighted by atomic mass is 10.1. The van der Waals surface area contributed by atoms with E-state index in [0.717, 1.165) is 17.2 Å². The highest BCUT2D eigenvalue weighted by Crippen LogP contribution is 2.27. The number of hydrogen-bond acceptors (Lipinski definition) is 3. The number of carboxylic acids is 1. The highest BCUT2D eigenvalue weighted by Gasteiger charge is 2.05. The number of furan rings is 1. The molecule has 0 N–H and O–H groups in total. The molecule has 0 bridgehead atoms. The second kappa shape index (κ2) is 5.10. The number of rotatable bonds is 3. The van der Waals surface area contributed by atoms with Crippen molar-refractivity contribution in [3.05, 3.63) is 52.8 Å². The van der Waals surface area contributed by atoms with Gasteiger partial charge in [-0.05, 0) is 42.8 Å². The van der Waals surface area contributed by atoms with E-state index >= 15 is 0 Å². The third-order valence-electron chi connectivity index (χ3n) is 2.47. The zero-order valence-corrected chi connectivity index (χ0v) is 10.4. The van der Waals surface area contributed by atoms with E-state index in [1.807, 2.05) is 25.1 Å². The molecule has 0 spiro atoms. The number of halogens is 1. The Hall–Kier alpha value is -2.00. The van der Waals surface area contributed by atoms with E-state index in [1.165, 1.54) is 6.08 Å². The monoisotopic (exact) mass is 261 g/mol. The fourth-order valence-electron chi connectivity index (χ4n) is 1.49. The molecule has 0 unspecified atom stereocenters. The van der Waals surface area contributed by atoms with Gasteiger partial charge in [0.15, 0.2) is 0 Å². The smallest absolute Gasteiger partial charge is 0.134 e. The molecule has 1 heterocycles. The largest absolute Gasteiger partial charge is 0.545 e. The minimum absolute atomic E-state index is 0.450. The number of aliphatic carboxylic acids is 1. The van der Waals surface area contributed by atoms with Crippen molar-refractivity contribution in [2.45, 2.75) is 6.92 Å². The second-order valence-corrected chi connectivity index (χ2v) is 4.23. The minimum Gasteiger partial charge on any atom is -0.545 e. The van der Waals surface area contributed by atoms with Crippen LogP contribution in [0.5, 0.6) is 0 Å². The fourth-order valence-corrected chi connectivity index (χ4v) is 1.67. The first-order valence-electron chi connectivity index (χ1n) is 5.31. The summed E-state index contributed by atoms with van der Waals surface area (Å²) in [4.78, 5) is 10.3. The molecule has 0 saturated carbocycles. The normalized spacial score (nSPS) is 11.0. The van der Waals surface area contributed by atoms with Crippen molar-refractivity contribution in [3.8, 4) is 11.3 Å². The van der Waals surface area contributed by atoms with Gasteiger partial charge < -0.3 is 14.3 Å². The minimum atomic E-state index is -1.26. The summed E-state index contributed by atoms with van der Waals surface area (Å²) in [5.74, 6) is -0.174. The number of carboxylic acid groups (broad SMARTS) is 1. The van der Waals surface area contributed by atoms with Gasteiger partial charge in [0.1, 0.15) is 11.5 Å². The van der Waals surface area contributed by atoms with Gasteiger partial charge in [0.2, 0.25) is 0 Å². The molecule has 0 radical (unpaired) electrons. The molecular formula is C14H10ClO3-. The maximum Gasteiger partial charge on any atom is 0.134 e. The van der Waals surface area contributed by atoms with Crippen molar-refractivity contribution >= 4 is 23.6 Å². The molecule has 0 amide bonds. The molecule has 1 aromatic carbocycles. The quantitative estimate of drug-likeness (QED) is 0.798. The van der Waals surface area contributed by atoms with Gasteiger partial charge in [-0.1, -0.05) is 23.7 Å². The van der Waals surface area contributed by atoms with Crippen LogP contribution in [0.25, 0.3) is 17.4 Å². The van der Waals surface area contributed by atoms with Gasteiger partial charge >= 0.3 is 0 Å². The number of hydrogen-bond donors (Lipinski definition) is 0. The lowest BCUT2D eigenvalue weighted by Crippen LogP contribution is -2.18. The van der Waals surface area contributed by atoms with Gasteiger partial charge in [-0.25, -0.2) is 0 Å². The van der Waals surface area contributed by atoms with Crippen molar-refractivity contribution in [3.63, 3.8) is 0 Å². The molecule has 92 valence electrons. The van der Waals surface area contributed by atoms with E-state index in [-0.39, 0.29) is 0 Å². The molecule has 3 nitrogen and oxygen atoms in total. The summed E-state index contributed by atoms with van der Waals surface area (Å²) in [6.07, 6.45) is 2.26. The molecule has 2 rings (SSSR count). The molecule has 0 aliphatic rings. The first kappa shape index (κ1) is 12.5. The van der Waals surface area contributed by atoms with Crippen LogP contribution in [-0.4, -0.2) is 5.97 Å². The Balaban J connectivity index is 2.29. The van der Waals surface area contributed by atoms with Gasteiger partial charge in [0, 0.05) is 10.6 Å². The Bertz CT molecular complexity index is 611. The molecular weight excluding hydrogens is 252 g/mol. The molecule has 1 aromatic heterocycles. The summed E-state index contributed by atoms with van der Waals surface area (Å²) in [7, 11) is 0. The number of carbonyl (C=O) groups is 1. The van der Waals surface area contributed by atoms with E-state index < -0.39 is 5.97 Å². The second-order valence-electron chi connectivity index (χ2n) is 3.82. The lowest BCUT2D eigenvalue weighted by Gasteiger charge is -2.00. The fraction of sp³-hybridized carbons (Fsp3) is 0.0714. The van der Waals surface area contributed by atoms with Gasteiger partial charge in [-0.15, -0.1) is 0 Å².